The van der Waals surface area contributed by atoms with E-state index in [-0.39, 0.29) is 17.3 Å². The number of carbonyl (C=O) groups is 1. The third kappa shape index (κ3) is 3.27. The molecular weight excluding hydrogens is 387 g/mol. The van der Waals surface area contributed by atoms with Crippen LogP contribution in [0.25, 0.3) is 0 Å². The summed E-state index contributed by atoms with van der Waals surface area (Å²) in [5.41, 5.74) is 1.15. The molecule has 4 rings (SSSR count). The van der Waals surface area contributed by atoms with E-state index in [9.17, 15) is 9.18 Å². The van der Waals surface area contributed by atoms with Crippen molar-refractivity contribution in [3.05, 3.63) is 58.1 Å². The van der Waals surface area contributed by atoms with Gasteiger partial charge in [-0.25, -0.2) is 9.37 Å². The summed E-state index contributed by atoms with van der Waals surface area (Å²) in [4.78, 5) is 18.6. The predicted octanol–water partition coefficient (Wildman–Crippen LogP) is 3.98. The number of amides is 1. The minimum absolute atomic E-state index is 0.0411. The number of rotatable bonds is 1. The normalized spacial score (nSPS) is 18.6. The molecule has 0 bridgehead atoms. The van der Waals surface area contributed by atoms with Gasteiger partial charge < -0.3 is 9.64 Å². The lowest BCUT2D eigenvalue weighted by Crippen LogP contribution is -2.51. The predicted molar refractivity (Wildman–Crippen MR) is 95.2 cm³/mol. The van der Waals surface area contributed by atoms with Gasteiger partial charge in [-0.1, -0.05) is 0 Å². The summed E-state index contributed by atoms with van der Waals surface area (Å²) in [6, 6.07) is 8.27. The average Bonchev–Trinajstić information content (AvgIpc) is 2.63. The molecule has 1 spiro atoms. The number of aromatic nitrogens is 1. The van der Waals surface area contributed by atoms with Gasteiger partial charge in [-0.15, -0.1) is 0 Å². The lowest BCUT2D eigenvalue weighted by molar-refractivity contribution is -0.0109. The van der Waals surface area contributed by atoms with Crippen LogP contribution < -0.4 is 4.74 Å². The van der Waals surface area contributed by atoms with E-state index in [2.05, 4.69) is 20.9 Å². The molecule has 0 radical (unpaired) electrons. The van der Waals surface area contributed by atoms with Crippen LogP contribution in [-0.4, -0.2) is 34.5 Å². The first-order valence-corrected chi connectivity index (χ1v) is 9.22. The number of pyridine rings is 1. The zero-order valence-corrected chi connectivity index (χ0v) is 15.3. The zero-order chi connectivity index (χ0) is 17.4. The van der Waals surface area contributed by atoms with Crippen molar-refractivity contribution in [3.8, 4) is 5.75 Å². The van der Waals surface area contributed by atoms with Crippen molar-refractivity contribution in [2.45, 2.75) is 31.3 Å². The highest BCUT2D eigenvalue weighted by molar-refractivity contribution is 9.10. The smallest absolute Gasteiger partial charge is 0.272 e. The Labute approximate surface area is 154 Å². The van der Waals surface area contributed by atoms with Gasteiger partial charge in [0.25, 0.3) is 5.91 Å². The Morgan fingerprint density at radius 2 is 2.00 bits per heavy atom. The molecule has 0 atom stereocenters. The number of nitrogens with zero attached hydrogens (tertiary/aromatic N) is 2. The van der Waals surface area contributed by atoms with Gasteiger partial charge in [-0.05, 0) is 64.7 Å². The molecule has 0 aliphatic carbocycles. The number of piperidine rings is 1. The SMILES string of the molecule is O=C(c1ccc(Br)cn1)N1CCC2(CCc3cc(F)ccc3O2)CC1. The minimum atomic E-state index is -0.241. The molecule has 25 heavy (non-hydrogen) atoms. The molecule has 2 aliphatic rings. The maximum absolute atomic E-state index is 13.3. The molecule has 2 aliphatic heterocycles. The van der Waals surface area contributed by atoms with E-state index in [1.54, 1.807) is 24.4 Å². The van der Waals surface area contributed by atoms with Gasteiger partial charge in [-0.3, -0.25) is 4.79 Å². The summed E-state index contributed by atoms with van der Waals surface area (Å²) in [6.07, 6.45) is 4.88. The molecule has 4 nitrogen and oxygen atoms in total. The van der Waals surface area contributed by atoms with Crippen molar-refractivity contribution in [1.29, 1.82) is 0 Å². The van der Waals surface area contributed by atoms with Gasteiger partial charge in [-0.2, -0.15) is 0 Å². The van der Waals surface area contributed by atoms with Gasteiger partial charge in [0.2, 0.25) is 0 Å². The van der Waals surface area contributed by atoms with Crippen LogP contribution in [0.2, 0.25) is 0 Å². The van der Waals surface area contributed by atoms with E-state index in [1.165, 1.54) is 6.07 Å². The molecule has 130 valence electrons. The monoisotopic (exact) mass is 404 g/mol. The van der Waals surface area contributed by atoms with E-state index >= 15 is 0 Å². The van der Waals surface area contributed by atoms with E-state index in [4.69, 9.17) is 4.74 Å². The second kappa shape index (κ2) is 6.41. The summed E-state index contributed by atoms with van der Waals surface area (Å²) in [7, 11) is 0. The van der Waals surface area contributed by atoms with Crippen molar-refractivity contribution >= 4 is 21.8 Å². The molecule has 0 saturated carbocycles. The fraction of sp³-hybridized carbons (Fsp3) is 0.368. The third-order valence-electron chi connectivity index (χ3n) is 5.11. The number of benzene rings is 1. The molecule has 1 aromatic carbocycles. The number of ether oxygens (including phenoxy) is 1. The first-order chi connectivity index (χ1) is 12.0. The third-order valence-corrected chi connectivity index (χ3v) is 5.58. The Hall–Kier alpha value is -1.95. The topological polar surface area (TPSA) is 42.4 Å². The van der Waals surface area contributed by atoms with Crippen molar-refractivity contribution in [2.75, 3.05) is 13.1 Å². The standard InChI is InChI=1S/C19H18BrFN2O2/c20-14-1-3-16(22-12-14)18(24)23-9-7-19(8-10-23)6-5-13-11-15(21)2-4-17(13)25-19/h1-4,11-12H,5-10H2. The Balaban J connectivity index is 1.44. The van der Waals surface area contributed by atoms with Crippen LogP contribution in [0.4, 0.5) is 4.39 Å². The molecular formula is C19H18BrFN2O2. The highest BCUT2D eigenvalue weighted by Gasteiger charge is 2.40. The quantitative estimate of drug-likeness (QED) is 0.721. The molecule has 1 aromatic heterocycles. The van der Waals surface area contributed by atoms with Crippen molar-refractivity contribution in [2.24, 2.45) is 0 Å². The number of fused-ring (bicyclic) bond motifs is 1. The first-order valence-electron chi connectivity index (χ1n) is 8.43. The Bertz CT molecular complexity index is 802. The molecule has 1 fully saturated rings. The second-order valence-electron chi connectivity index (χ2n) is 6.69. The number of likely N-dealkylation sites (tertiary alicyclic amines) is 1. The van der Waals surface area contributed by atoms with Crippen molar-refractivity contribution in [3.63, 3.8) is 0 Å². The van der Waals surface area contributed by atoms with Crippen molar-refractivity contribution in [1.82, 2.24) is 9.88 Å². The number of hydrogen-bond donors (Lipinski definition) is 0. The lowest BCUT2D eigenvalue weighted by atomic mass is 9.83. The minimum Gasteiger partial charge on any atom is -0.487 e. The summed E-state index contributed by atoms with van der Waals surface area (Å²) in [5, 5.41) is 0. The van der Waals surface area contributed by atoms with Gasteiger partial charge in [0.1, 0.15) is 22.9 Å². The fourth-order valence-electron chi connectivity index (χ4n) is 3.62. The summed E-state index contributed by atoms with van der Waals surface area (Å²) in [5.74, 6) is 0.517. The van der Waals surface area contributed by atoms with E-state index in [0.29, 0.717) is 18.8 Å². The number of hydrogen-bond acceptors (Lipinski definition) is 3. The largest absolute Gasteiger partial charge is 0.487 e. The summed E-state index contributed by atoms with van der Waals surface area (Å²) >= 11 is 3.33. The molecule has 3 heterocycles. The van der Waals surface area contributed by atoms with E-state index < -0.39 is 0 Å². The van der Waals surface area contributed by atoms with Crippen molar-refractivity contribution < 1.29 is 13.9 Å². The van der Waals surface area contributed by atoms with Crippen LogP contribution >= 0.6 is 15.9 Å². The molecule has 6 heteroatoms. The number of carbonyl (C=O) groups excluding carboxylic acids is 1. The van der Waals surface area contributed by atoms with Gasteiger partial charge in [0, 0.05) is 36.6 Å². The molecule has 0 N–H and O–H groups in total. The van der Waals surface area contributed by atoms with Crippen LogP contribution in [-0.2, 0) is 6.42 Å². The number of aryl methyl sites for hydroxylation is 1. The van der Waals surface area contributed by atoms with Crippen LogP contribution in [0.1, 0.15) is 35.3 Å². The Kier molecular flexibility index (Phi) is 4.23. The van der Waals surface area contributed by atoms with E-state index in [0.717, 1.165) is 41.5 Å². The summed E-state index contributed by atoms with van der Waals surface area (Å²) in [6.45, 7) is 1.29. The zero-order valence-electron chi connectivity index (χ0n) is 13.7. The lowest BCUT2D eigenvalue weighted by Gasteiger charge is -2.44. The first kappa shape index (κ1) is 16.5. The molecule has 1 saturated heterocycles. The van der Waals surface area contributed by atoms with Gasteiger partial charge in [0.15, 0.2) is 0 Å². The Morgan fingerprint density at radius 3 is 2.72 bits per heavy atom. The fourth-order valence-corrected chi connectivity index (χ4v) is 3.86. The van der Waals surface area contributed by atoms with Gasteiger partial charge >= 0.3 is 0 Å². The second-order valence-corrected chi connectivity index (χ2v) is 7.61. The van der Waals surface area contributed by atoms with Crippen LogP contribution in [0.5, 0.6) is 5.75 Å². The molecule has 2 aromatic rings. The maximum atomic E-state index is 13.3. The van der Waals surface area contributed by atoms with Crippen LogP contribution in [0.15, 0.2) is 41.0 Å². The van der Waals surface area contributed by atoms with Crippen LogP contribution in [0.3, 0.4) is 0 Å². The molecule has 1 amide bonds. The summed E-state index contributed by atoms with van der Waals surface area (Å²) < 4.78 is 20.4. The average molecular weight is 405 g/mol. The van der Waals surface area contributed by atoms with Crippen LogP contribution in [0, 0.1) is 5.82 Å². The highest BCUT2D eigenvalue weighted by Crippen LogP contribution is 2.39. The molecule has 0 unspecified atom stereocenters. The van der Waals surface area contributed by atoms with E-state index in [1.807, 2.05) is 11.0 Å². The van der Waals surface area contributed by atoms with Gasteiger partial charge in [0.05, 0.1) is 0 Å². The maximum Gasteiger partial charge on any atom is 0.272 e. The Morgan fingerprint density at radius 1 is 1.20 bits per heavy atom. The highest BCUT2D eigenvalue weighted by atomic mass is 79.9. The number of halogens is 2.